The van der Waals surface area contributed by atoms with Gasteiger partial charge in [0.15, 0.2) is 5.78 Å². The lowest BCUT2D eigenvalue weighted by molar-refractivity contribution is -0.137. The number of rotatable bonds is 5. The number of ketones is 1. The minimum absolute atomic E-state index is 0.0107. The van der Waals surface area contributed by atoms with E-state index in [0.29, 0.717) is 6.07 Å². The number of nitrogens with one attached hydrogen (secondary N) is 1. The second-order valence-electron chi connectivity index (χ2n) is 8.13. The van der Waals surface area contributed by atoms with E-state index < -0.39 is 40.2 Å². The van der Waals surface area contributed by atoms with E-state index in [-0.39, 0.29) is 23.6 Å². The Morgan fingerprint density at radius 3 is 2.28 bits per heavy atom. The maximum absolute atomic E-state index is 14.6. The third-order valence-corrected chi connectivity index (χ3v) is 4.58. The molecule has 5 nitrogen and oxygen atoms in total. The molecule has 1 atom stereocenters. The van der Waals surface area contributed by atoms with Crippen molar-refractivity contribution in [2.24, 2.45) is 5.41 Å². The molecule has 1 N–H and O–H groups in total. The van der Waals surface area contributed by atoms with Crippen LogP contribution in [-0.2, 0) is 6.18 Å². The van der Waals surface area contributed by atoms with Crippen molar-refractivity contribution in [2.45, 2.75) is 39.3 Å². The Balaban J connectivity index is 2.43. The average molecular weight is 413 g/mol. The van der Waals surface area contributed by atoms with Gasteiger partial charge in [-0.05, 0) is 29.0 Å². The lowest BCUT2D eigenvalue weighted by Crippen LogP contribution is -2.25. The standard InChI is InChI=1S/C20H23F4N3O2/c1-19(2,3)13(12-7-6-11(8-14(12)21)20(22,23)24)9-16(28)15-10-17(29)26-18(25-15)27(4)5/h6-8,10,13H,9H2,1-5H3,(H,25,26,29)/t13-/m0/s1. The summed E-state index contributed by atoms with van der Waals surface area (Å²) in [5.74, 6) is -2.06. The molecule has 0 saturated carbocycles. The Labute approximate surface area is 165 Å². The van der Waals surface area contributed by atoms with E-state index in [2.05, 4.69) is 9.97 Å². The zero-order valence-corrected chi connectivity index (χ0v) is 16.8. The number of nitrogens with zero attached hydrogens (tertiary/aromatic N) is 2. The maximum atomic E-state index is 14.6. The molecule has 1 aromatic heterocycles. The first kappa shape index (κ1) is 22.6. The highest BCUT2D eigenvalue weighted by molar-refractivity contribution is 5.95. The van der Waals surface area contributed by atoms with E-state index in [1.54, 1.807) is 34.9 Å². The molecule has 0 amide bonds. The zero-order valence-electron chi connectivity index (χ0n) is 16.8. The van der Waals surface area contributed by atoms with Gasteiger partial charge < -0.3 is 4.90 Å². The number of H-pyrrole nitrogens is 1. The number of anilines is 1. The molecule has 0 spiro atoms. The van der Waals surface area contributed by atoms with Crippen molar-refractivity contribution >= 4 is 11.7 Å². The molecule has 0 bridgehead atoms. The average Bonchev–Trinajstić information content (AvgIpc) is 2.57. The van der Waals surface area contributed by atoms with Crippen LogP contribution in [0.2, 0.25) is 0 Å². The zero-order chi connectivity index (χ0) is 22.1. The molecule has 0 fully saturated rings. The number of hydrogen-bond acceptors (Lipinski definition) is 4. The highest BCUT2D eigenvalue weighted by atomic mass is 19.4. The van der Waals surface area contributed by atoms with Gasteiger partial charge in [0, 0.05) is 26.6 Å². The van der Waals surface area contributed by atoms with Crippen molar-refractivity contribution in [3.8, 4) is 0 Å². The topological polar surface area (TPSA) is 66.1 Å². The molecule has 0 unspecified atom stereocenters. The van der Waals surface area contributed by atoms with Crippen LogP contribution in [-0.4, -0.2) is 29.8 Å². The van der Waals surface area contributed by atoms with Gasteiger partial charge in [-0.25, -0.2) is 9.37 Å². The Kier molecular flexibility index (Phi) is 6.20. The van der Waals surface area contributed by atoms with Crippen LogP contribution in [0.1, 0.15) is 54.7 Å². The fourth-order valence-corrected chi connectivity index (χ4v) is 2.96. The molecule has 2 rings (SSSR count). The van der Waals surface area contributed by atoms with Gasteiger partial charge in [0.05, 0.1) is 5.56 Å². The van der Waals surface area contributed by atoms with Gasteiger partial charge in [0.25, 0.3) is 5.56 Å². The van der Waals surface area contributed by atoms with Gasteiger partial charge in [0.1, 0.15) is 11.5 Å². The van der Waals surface area contributed by atoms with Gasteiger partial charge in [0.2, 0.25) is 5.95 Å². The molecule has 29 heavy (non-hydrogen) atoms. The number of carbonyl (C=O) groups excluding carboxylic acids is 1. The minimum Gasteiger partial charge on any atom is -0.348 e. The molecular weight excluding hydrogens is 390 g/mol. The number of halogens is 4. The molecule has 1 aromatic carbocycles. The quantitative estimate of drug-likeness (QED) is 0.583. The summed E-state index contributed by atoms with van der Waals surface area (Å²) >= 11 is 0. The van der Waals surface area contributed by atoms with E-state index in [1.165, 1.54) is 4.90 Å². The van der Waals surface area contributed by atoms with Crippen LogP contribution in [0.15, 0.2) is 29.1 Å². The van der Waals surface area contributed by atoms with Gasteiger partial charge in [-0.3, -0.25) is 14.6 Å². The molecule has 0 aliphatic heterocycles. The van der Waals surface area contributed by atoms with E-state index in [9.17, 15) is 27.2 Å². The van der Waals surface area contributed by atoms with Crippen molar-refractivity contribution in [2.75, 3.05) is 19.0 Å². The highest BCUT2D eigenvalue weighted by Gasteiger charge is 2.35. The molecule has 0 aliphatic rings. The molecule has 0 aliphatic carbocycles. The summed E-state index contributed by atoms with van der Waals surface area (Å²) < 4.78 is 53.1. The molecule has 0 saturated heterocycles. The molecule has 1 heterocycles. The predicted molar refractivity (Wildman–Crippen MR) is 102 cm³/mol. The maximum Gasteiger partial charge on any atom is 0.416 e. The summed E-state index contributed by atoms with van der Waals surface area (Å²) in [4.78, 5) is 32.7. The molecule has 158 valence electrons. The molecule has 0 radical (unpaired) electrons. The van der Waals surface area contributed by atoms with Crippen molar-refractivity contribution in [1.29, 1.82) is 0 Å². The number of alkyl halides is 3. The van der Waals surface area contributed by atoms with Crippen molar-refractivity contribution < 1.29 is 22.4 Å². The van der Waals surface area contributed by atoms with Crippen LogP contribution in [0.4, 0.5) is 23.5 Å². The van der Waals surface area contributed by atoms with Gasteiger partial charge in [-0.1, -0.05) is 26.8 Å². The third kappa shape index (κ3) is 5.42. The van der Waals surface area contributed by atoms with Crippen LogP contribution in [0.5, 0.6) is 0 Å². The van der Waals surface area contributed by atoms with Gasteiger partial charge in [-0.2, -0.15) is 13.2 Å². The van der Waals surface area contributed by atoms with E-state index in [1.807, 2.05) is 0 Å². The fourth-order valence-electron chi connectivity index (χ4n) is 2.96. The Bertz CT molecular complexity index is 959. The van der Waals surface area contributed by atoms with Gasteiger partial charge in [-0.15, -0.1) is 0 Å². The summed E-state index contributed by atoms with van der Waals surface area (Å²) in [7, 11) is 3.28. The van der Waals surface area contributed by atoms with Crippen LogP contribution in [0.3, 0.4) is 0 Å². The summed E-state index contributed by atoms with van der Waals surface area (Å²) in [5, 5.41) is 0. The SMILES string of the molecule is CN(C)c1nc(C(=O)C[C@@H](c2ccc(C(F)(F)F)cc2F)C(C)(C)C)cc(=O)[nH]1. The van der Waals surface area contributed by atoms with Gasteiger partial charge >= 0.3 is 6.18 Å². The number of carbonyl (C=O) groups is 1. The van der Waals surface area contributed by atoms with Crippen LogP contribution in [0, 0.1) is 11.2 Å². The predicted octanol–water partition coefficient (Wildman–Crippen LogP) is 4.40. The second kappa shape index (κ2) is 7.96. The Morgan fingerprint density at radius 1 is 1.17 bits per heavy atom. The minimum atomic E-state index is -4.66. The van der Waals surface area contributed by atoms with Crippen molar-refractivity contribution in [3.05, 3.63) is 57.3 Å². The fraction of sp³-hybridized carbons (Fsp3) is 0.450. The van der Waals surface area contributed by atoms with Crippen molar-refractivity contribution in [3.63, 3.8) is 0 Å². The number of benzene rings is 1. The second-order valence-corrected chi connectivity index (χ2v) is 8.13. The van der Waals surface area contributed by atoms with Crippen LogP contribution < -0.4 is 10.5 Å². The summed E-state index contributed by atoms with van der Waals surface area (Å²) in [6, 6.07) is 3.36. The van der Waals surface area contributed by atoms with E-state index >= 15 is 0 Å². The summed E-state index contributed by atoms with van der Waals surface area (Å²) in [5.41, 5.74) is -2.32. The first-order chi connectivity index (χ1) is 13.2. The van der Waals surface area contributed by atoms with Crippen LogP contribution in [0.25, 0.3) is 0 Å². The third-order valence-electron chi connectivity index (χ3n) is 4.58. The number of Topliss-reactive ketones (excluding diaryl/α,β-unsaturated/α-hetero) is 1. The largest absolute Gasteiger partial charge is 0.416 e. The normalized spacial score (nSPS) is 13.3. The Hall–Kier alpha value is -2.71. The smallest absolute Gasteiger partial charge is 0.348 e. The Morgan fingerprint density at radius 2 is 1.79 bits per heavy atom. The highest BCUT2D eigenvalue weighted by Crippen LogP contribution is 2.41. The van der Waals surface area contributed by atoms with E-state index in [0.717, 1.165) is 18.2 Å². The number of aromatic nitrogens is 2. The first-order valence-electron chi connectivity index (χ1n) is 8.88. The molecule has 9 heteroatoms. The lowest BCUT2D eigenvalue weighted by Gasteiger charge is -2.31. The molecular formula is C20H23F4N3O2. The first-order valence-corrected chi connectivity index (χ1v) is 8.88. The monoisotopic (exact) mass is 413 g/mol. The summed E-state index contributed by atoms with van der Waals surface area (Å²) in [6.07, 6.45) is -4.88. The van der Waals surface area contributed by atoms with Crippen molar-refractivity contribution in [1.82, 2.24) is 9.97 Å². The lowest BCUT2D eigenvalue weighted by atomic mass is 9.73. The summed E-state index contributed by atoms with van der Waals surface area (Å²) in [6.45, 7) is 5.29. The van der Waals surface area contributed by atoms with Crippen LogP contribution >= 0.6 is 0 Å². The number of aromatic amines is 1. The molecule has 2 aromatic rings. The van der Waals surface area contributed by atoms with E-state index in [4.69, 9.17) is 0 Å². The number of hydrogen-bond donors (Lipinski definition) is 1.